The van der Waals surface area contributed by atoms with Crippen molar-refractivity contribution in [2.24, 2.45) is 0 Å². The summed E-state index contributed by atoms with van der Waals surface area (Å²) in [6.07, 6.45) is 0. The molecule has 0 unspecified atom stereocenters. The van der Waals surface area contributed by atoms with Gasteiger partial charge < -0.3 is 19.5 Å². The summed E-state index contributed by atoms with van der Waals surface area (Å²) < 4.78 is 15.3. The fourth-order valence-corrected chi connectivity index (χ4v) is 2.26. The van der Waals surface area contributed by atoms with E-state index >= 15 is 0 Å². The number of nitrogens with one attached hydrogen (secondary N) is 1. The van der Waals surface area contributed by atoms with Crippen molar-refractivity contribution in [1.82, 2.24) is 5.32 Å². The minimum atomic E-state index is -0.608. The maximum absolute atomic E-state index is 11.8. The first-order valence-electron chi connectivity index (χ1n) is 7.43. The summed E-state index contributed by atoms with van der Waals surface area (Å²) in [5, 5.41) is 3.09. The number of halogens is 1. The maximum atomic E-state index is 11.8. The standard InChI is InChI=1S/C18H18ClNO5/c1-23-15-7-6-12(8-16(15)24-2)10-20-17(21)11-25-18(22)13-4-3-5-14(19)9-13/h3-9H,10-11H2,1-2H3,(H,20,21). The molecule has 0 bridgehead atoms. The predicted molar refractivity (Wildman–Crippen MR) is 93.1 cm³/mol. The largest absolute Gasteiger partial charge is 0.493 e. The van der Waals surface area contributed by atoms with Crippen molar-refractivity contribution in [2.45, 2.75) is 6.54 Å². The van der Waals surface area contributed by atoms with Crippen molar-refractivity contribution in [3.8, 4) is 11.5 Å². The Bertz CT molecular complexity index is 763. The first-order valence-corrected chi connectivity index (χ1v) is 7.81. The molecular formula is C18H18ClNO5. The predicted octanol–water partition coefficient (Wildman–Crippen LogP) is 2.83. The molecule has 0 atom stereocenters. The van der Waals surface area contributed by atoms with Crippen LogP contribution < -0.4 is 14.8 Å². The third kappa shape index (κ3) is 5.39. The Hall–Kier alpha value is -2.73. The van der Waals surface area contributed by atoms with E-state index in [1.54, 1.807) is 43.5 Å². The Morgan fingerprint density at radius 1 is 1.04 bits per heavy atom. The molecule has 2 aromatic rings. The van der Waals surface area contributed by atoms with Gasteiger partial charge in [0.1, 0.15) is 0 Å². The molecule has 0 spiro atoms. The molecule has 2 aromatic carbocycles. The number of hydrogen-bond acceptors (Lipinski definition) is 5. The molecule has 1 amide bonds. The van der Waals surface area contributed by atoms with Crippen LogP contribution in [0.1, 0.15) is 15.9 Å². The quantitative estimate of drug-likeness (QED) is 0.766. The van der Waals surface area contributed by atoms with Gasteiger partial charge in [-0.05, 0) is 35.9 Å². The molecule has 6 nitrogen and oxygen atoms in total. The monoisotopic (exact) mass is 363 g/mol. The van der Waals surface area contributed by atoms with Gasteiger partial charge in [-0.15, -0.1) is 0 Å². The molecule has 0 aliphatic rings. The first-order chi connectivity index (χ1) is 12.0. The highest BCUT2D eigenvalue weighted by Crippen LogP contribution is 2.27. The maximum Gasteiger partial charge on any atom is 0.338 e. The van der Waals surface area contributed by atoms with Gasteiger partial charge in [0.15, 0.2) is 18.1 Å². The molecule has 2 rings (SSSR count). The summed E-state index contributed by atoms with van der Waals surface area (Å²) in [6.45, 7) is -0.105. The SMILES string of the molecule is COc1ccc(CNC(=O)COC(=O)c2cccc(Cl)c2)cc1OC. The topological polar surface area (TPSA) is 73.9 Å². The third-order valence-corrected chi connectivity index (χ3v) is 3.57. The summed E-state index contributed by atoms with van der Waals surface area (Å²) in [5.41, 5.74) is 1.12. The zero-order valence-corrected chi connectivity index (χ0v) is 14.6. The Morgan fingerprint density at radius 2 is 1.80 bits per heavy atom. The number of rotatable bonds is 7. The summed E-state index contributed by atoms with van der Waals surface area (Å²) >= 11 is 5.81. The highest BCUT2D eigenvalue weighted by molar-refractivity contribution is 6.30. The molecule has 0 aliphatic heterocycles. The molecule has 1 N–H and O–H groups in total. The van der Waals surface area contributed by atoms with E-state index in [0.29, 0.717) is 22.1 Å². The van der Waals surface area contributed by atoms with E-state index in [1.807, 2.05) is 0 Å². The Balaban J connectivity index is 1.83. The van der Waals surface area contributed by atoms with Crippen molar-refractivity contribution in [3.05, 3.63) is 58.6 Å². The fraction of sp³-hybridized carbons (Fsp3) is 0.222. The molecule has 0 aromatic heterocycles. The average Bonchev–Trinajstić information content (AvgIpc) is 2.64. The van der Waals surface area contributed by atoms with Crippen LogP contribution in [0.4, 0.5) is 0 Å². The second-order valence-electron chi connectivity index (χ2n) is 5.05. The molecule has 132 valence electrons. The van der Waals surface area contributed by atoms with Crippen molar-refractivity contribution in [3.63, 3.8) is 0 Å². The normalized spacial score (nSPS) is 10.0. The highest BCUT2D eigenvalue weighted by Gasteiger charge is 2.11. The van der Waals surface area contributed by atoms with Crippen LogP contribution in [0.25, 0.3) is 0 Å². The van der Waals surface area contributed by atoms with Gasteiger partial charge in [-0.1, -0.05) is 23.7 Å². The number of ether oxygens (including phenoxy) is 3. The Kier molecular flexibility index (Phi) is 6.65. The zero-order valence-electron chi connectivity index (χ0n) is 13.9. The molecule has 25 heavy (non-hydrogen) atoms. The van der Waals surface area contributed by atoms with E-state index in [4.69, 9.17) is 25.8 Å². The van der Waals surface area contributed by atoms with Gasteiger partial charge >= 0.3 is 5.97 Å². The third-order valence-electron chi connectivity index (χ3n) is 3.33. The number of methoxy groups -OCH3 is 2. The van der Waals surface area contributed by atoms with E-state index < -0.39 is 11.9 Å². The van der Waals surface area contributed by atoms with E-state index in [1.165, 1.54) is 13.2 Å². The molecular weight excluding hydrogens is 346 g/mol. The Labute approximate surface area is 150 Å². The Morgan fingerprint density at radius 3 is 2.48 bits per heavy atom. The summed E-state index contributed by atoms with van der Waals surface area (Å²) in [4.78, 5) is 23.7. The number of esters is 1. The number of carbonyl (C=O) groups excluding carboxylic acids is 2. The van der Waals surface area contributed by atoms with Gasteiger partial charge in [0.2, 0.25) is 0 Å². The molecule has 7 heteroatoms. The second kappa shape index (κ2) is 8.94. The van der Waals surface area contributed by atoms with Gasteiger partial charge in [0, 0.05) is 11.6 Å². The lowest BCUT2D eigenvalue weighted by Gasteiger charge is -2.10. The highest BCUT2D eigenvalue weighted by atomic mass is 35.5. The van der Waals surface area contributed by atoms with Crippen LogP contribution in [0.15, 0.2) is 42.5 Å². The van der Waals surface area contributed by atoms with E-state index in [-0.39, 0.29) is 13.2 Å². The summed E-state index contributed by atoms with van der Waals surface area (Å²) in [6, 6.07) is 11.6. The van der Waals surface area contributed by atoms with Crippen molar-refractivity contribution in [2.75, 3.05) is 20.8 Å². The van der Waals surface area contributed by atoms with E-state index in [2.05, 4.69) is 5.32 Å². The minimum Gasteiger partial charge on any atom is -0.493 e. The molecule has 0 fully saturated rings. The molecule has 0 saturated heterocycles. The van der Waals surface area contributed by atoms with Gasteiger partial charge in [-0.25, -0.2) is 4.79 Å². The van der Waals surface area contributed by atoms with Crippen LogP contribution in [0.2, 0.25) is 5.02 Å². The van der Waals surface area contributed by atoms with Gasteiger partial charge in [0.05, 0.1) is 19.8 Å². The second-order valence-corrected chi connectivity index (χ2v) is 5.49. The minimum absolute atomic E-state index is 0.272. The van der Waals surface area contributed by atoms with Crippen LogP contribution in [0.3, 0.4) is 0 Å². The van der Waals surface area contributed by atoms with E-state index in [0.717, 1.165) is 5.56 Å². The number of hydrogen-bond donors (Lipinski definition) is 1. The van der Waals surface area contributed by atoms with Gasteiger partial charge in [-0.3, -0.25) is 4.79 Å². The lowest BCUT2D eigenvalue weighted by atomic mass is 10.2. The number of benzene rings is 2. The lowest BCUT2D eigenvalue weighted by Crippen LogP contribution is -2.28. The van der Waals surface area contributed by atoms with Crippen LogP contribution in [-0.2, 0) is 16.1 Å². The number of carbonyl (C=O) groups is 2. The lowest BCUT2D eigenvalue weighted by molar-refractivity contribution is -0.124. The van der Waals surface area contributed by atoms with Crippen molar-refractivity contribution < 1.29 is 23.8 Å². The molecule has 0 radical (unpaired) electrons. The zero-order chi connectivity index (χ0) is 18.2. The summed E-state index contributed by atoms with van der Waals surface area (Å²) in [5.74, 6) is 0.156. The van der Waals surface area contributed by atoms with Crippen LogP contribution in [0.5, 0.6) is 11.5 Å². The molecule has 0 heterocycles. The van der Waals surface area contributed by atoms with Crippen molar-refractivity contribution in [1.29, 1.82) is 0 Å². The van der Waals surface area contributed by atoms with Crippen LogP contribution in [0, 0.1) is 0 Å². The van der Waals surface area contributed by atoms with Gasteiger partial charge in [-0.2, -0.15) is 0 Å². The molecule has 0 aliphatic carbocycles. The van der Waals surface area contributed by atoms with Gasteiger partial charge in [0.25, 0.3) is 5.91 Å². The number of amides is 1. The smallest absolute Gasteiger partial charge is 0.338 e. The van der Waals surface area contributed by atoms with Crippen LogP contribution >= 0.6 is 11.6 Å². The summed E-state index contributed by atoms with van der Waals surface area (Å²) in [7, 11) is 3.09. The first kappa shape index (κ1) is 18.6. The fourth-order valence-electron chi connectivity index (χ4n) is 2.07. The van der Waals surface area contributed by atoms with E-state index in [9.17, 15) is 9.59 Å². The average molecular weight is 364 g/mol. The molecule has 0 saturated carbocycles. The van der Waals surface area contributed by atoms with Crippen LogP contribution in [-0.4, -0.2) is 32.7 Å². The van der Waals surface area contributed by atoms with Crippen molar-refractivity contribution >= 4 is 23.5 Å².